The predicted molar refractivity (Wildman–Crippen MR) is 228 cm³/mol. The first-order chi connectivity index (χ1) is 30.4. The monoisotopic (exact) mass is 896 g/mol. The van der Waals surface area contributed by atoms with Crippen LogP contribution in [0.4, 0.5) is 11.6 Å². The molecule has 6 rings (SSSR count). The van der Waals surface area contributed by atoms with Crippen LogP contribution in [0.3, 0.4) is 0 Å². The lowest BCUT2D eigenvalue weighted by Gasteiger charge is -2.25. The Kier molecular flexibility index (Phi) is 16.9. The molecular formula is C42H61N10O10P. The Hall–Kier alpha value is -4.31. The Balaban J connectivity index is 1.06. The molecule has 0 aromatic carbocycles. The van der Waals surface area contributed by atoms with Gasteiger partial charge in [-0.05, 0) is 30.7 Å². The summed E-state index contributed by atoms with van der Waals surface area (Å²) < 4.78 is 46.0. The third-order valence-electron chi connectivity index (χ3n) is 12.0. The summed E-state index contributed by atoms with van der Waals surface area (Å²) in [6.07, 6.45) is 11.0. The average molecular weight is 897 g/mol. The van der Waals surface area contributed by atoms with Crippen LogP contribution < -0.4 is 11.5 Å². The van der Waals surface area contributed by atoms with Crippen molar-refractivity contribution in [3.63, 3.8) is 0 Å². The number of aromatic nitrogens is 6. The molecule has 21 heteroatoms. The van der Waals surface area contributed by atoms with Crippen molar-refractivity contribution in [2.75, 3.05) is 31.3 Å². The van der Waals surface area contributed by atoms with Crippen molar-refractivity contribution in [2.24, 2.45) is 0 Å². The molecule has 2 aliphatic heterocycles. The number of nitrogens with zero attached hydrogens (tertiary/aromatic N) is 8. The lowest BCUT2D eigenvalue weighted by molar-refractivity contribution is -0.0740. The molecule has 2 aliphatic rings. The van der Waals surface area contributed by atoms with Gasteiger partial charge in [0.25, 0.3) is 0 Å². The number of hydrogen-bond donors (Lipinski definition) is 6. The Bertz CT molecular complexity index is 2100. The third-order valence-corrected chi connectivity index (χ3v) is 13.4. The van der Waals surface area contributed by atoms with Crippen molar-refractivity contribution in [1.82, 2.24) is 29.2 Å². The van der Waals surface area contributed by atoms with E-state index in [2.05, 4.69) is 27.1 Å². The summed E-state index contributed by atoms with van der Waals surface area (Å²) in [6, 6.07) is 9.87. The van der Waals surface area contributed by atoms with Crippen molar-refractivity contribution < 1.29 is 48.0 Å². The van der Waals surface area contributed by atoms with Crippen LogP contribution in [0, 0.1) is 22.7 Å². The van der Waals surface area contributed by atoms with Crippen LogP contribution in [0.1, 0.15) is 121 Å². The summed E-state index contributed by atoms with van der Waals surface area (Å²) in [5.41, 5.74) is 8.40. The molecular weight excluding hydrogens is 835 g/mol. The van der Waals surface area contributed by atoms with Gasteiger partial charge in [0.2, 0.25) is 11.2 Å². The van der Waals surface area contributed by atoms with Crippen LogP contribution in [0.15, 0.2) is 36.9 Å². The number of rotatable bonds is 26. The van der Waals surface area contributed by atoms with Gasteiger partial charge < -0.3 is 41.4 Å². The van der Waals surface area contributed by atoms with E-state index in [1.165, 1.54) is 104 Å². The zero-order valence-electron chi connectivity index (χ0n) is 35.8. The normalized spacial score (nSPS) is 26.9. The van der Waals surface area contributed by atoms with E-state index in [-0.39, 0.29) is 29.6 Å². The Morgan fingerprint density at radius 3 is 1.41 bits per heavy atom. The number of aliphatic hydroxyl groups excluding tert-OH is 4. The molecule has 0 amide bonds. The van der Waals surface area contributed by atoms with Crippen LogP contribution in [0.25, 0.3) is 11.0 Å². The van der Waals surface area contributed by atoms with Crippen LogP contribution in [0.5, 0.6) is 0 Å². The minimum atomic E-state index is -4.61. The SMILES string of the molecule is CCCCCCCCCCCCCCCCCCOP(=O)(OCC1OC(C#N)(c2ccc3c(N)ncnn23)C(O)C1O)OCC1OC(C#N)(c2ccc3c(N)ncnn23)C(O)C1O. The van der Waals surface area contributed by atoms with Crippen LogP contribution in [-0.2, 0) is 38.8 Å². The Morgan fingerprint density at radius 2 is 1.03 bits per heavy atom. The fourth-order valence-corrected chi connectivity index (χ4v) is 9.60. The molecule has 0 radical (unpaired) electrons. The van der Waals surface area contributed by atoms with Crippen molar-refractivity contribution in [3.8, 4) is 12.1 Å². The highest BCUT2D eigenvalue weighted by molar-refractivity contribution is 7.48. The zero-order valence-corrected chi connectivity index (χ0v) is 36.7. The molecule has 6 heterocycles. The number of aliphatic hydroxyl groups is 4. The van der Waals surface area contributed by atoms with E-state index in [4.69, 9.17) is 34.5 Å². The molecule has 344 valence electrons. The first-order valence-electron chi connectivity index (χ1n) is 22.1. The Labute approximate surface area is 366 Å². The number of ether oxygens (including phenoxy) is 2. The highest BCUT2D eigenvalue weighted by Gasteiger charge is 2.59. The number of fused-ring (bicyclic) bond motifs is 2. The smallest absolute Gasteiger partial charge is 0.387 e. The molecule has 8 N–H and O–H groups in total. The fourth-order valence-electron chi connectivity index (χ4n) is 8.37. The van der Waals surface area contributed by atoms with Gasteiger partial charge in [0.1, 0.15) is 72.5 Å². The van der Waals surface area contributed by atoms with E-state index < -0.39 is 68.9 Å². The second-order valence-electron chi connectivity index (χ2n) is 16.4. The number of anilines is 2. The van der Waals surface area contributed by atoms with Gasteiger partial charge in [-0.1, -0.05) is 103 Å². The van der Waals surface area contributed by atoms with E-state index >= 15 is 0 Å². The van der Waals surface area contributed by atoms with Crippen molar-refractivity contribution in [3.05, 3.63) is 48.3 Å². The van der Waals surface area contributed by atoms with E-state index in [1.807, 2.05) is 12.1 Å². The largest absolute Gasteiger partial charge is 0.474 e. The molecule has 2 fully saturated rings. The van der Waals surface area contributed by atoms with Gasteiger partial charge in [-0.25, -0.2) is 23.6 Å². The van der Waals surface area contributed by atoms with Crippen molar-refractivity contribution in [1.29, 1.82) is 10.5 Å². The van der Waals surface area contributed by atoms with E-state index in [1.54, 1.807) is 0 Å². The third kappa shape index (κ3) is 10.6. The second-order valence-corrected chi connectivity index (χ2v) is 18.0. The standard InChI is InChI=1S/C42H61N10O10P/c1-2-3-4-5-6-7-8-9-10-11-12-13-14-15-16-17-22-58-63(57,59-23-31-35(53)37(55)41(25-43,61-31)33-20-18-29-39(45)47-27-49-51(29)33)60-24-32-36(54)38(56)42(26-44,62-32)34-21-19-30-40(46)48-28-50-52(30)34/h18-21,27-28,31-32,35-38,53-56H,2-17,22-24H2,1H3,(H2,45,47,49)(H2,46,48,50). The maximum Gasteiger partial charge on any atom is 0.474 e. The first-order valence-corrected chi connectivity index (χ1v) is 23.5. The minimum Gasteiger partial charge on any atom is -0.387 e. The van der Waals surface area contributed by atoms with Gasteiger partial charge >= 0.3 is 7.82 Å². The van der Waals surface area contributed by atoms with Gasteiger partial charge in [0.15, 0.2) is 11.6 Å². The van der Waals surface area contributed by atoms with E-state index in [9.17, 15) is 35.5 Å². The molecule has 8 atom stereocenters. The van der Waals surface area contributed by atoms with Gasteiger partial charge in [-0.15, -0.1) is 0 Å². The van der Waals surface area contributed by atoms with Gasteiger partial charge in [-0.2, -0.15) is 20.7 Å². The number of phosphoric ester groups is 1. The molecule has 20 nitrogen and oxygen atoms in total. The summed E-state index contributed by atoms with van der Waals surface area (Å²) >= 11 is 0. The first kappa shape index (κ1) is 48.2. The molecule has 0 saturated carbocycles. The maximum atomic E-state index is 14.3. The van der Waals surface area contributed by atoms with Gasteiger partial charge in [-0.3, -0.25) is 13.6 Å². The number of nitrogen functional groups attached to an aromatic ring is 2. The van der Waals surface area contributed by atoms with E-state index in [0.29, 0.717) is 17.5 Å². The second kappa shape index (κ2) is 22.1. The summed E-state index contributed by atoms with van der Waals surface area (Å²) in [4.78, 5) is 7.87. The molecule has 0 bridgehead atoms. The summed E-state index contributed by atoms with van der Waals surface area (Å²) in [5, 5.41) is 73.7. The van der Waals surface area contributed by atoms with Gasteiger partial charge in [0, 0.05) is 0 Å². The van der Waals surface area contributed by atoms with Gasteiger partial charge in [0.05, 0.1) is 31.2 Å². The number of unbranched alkanes of at least 4 members (excludes halogenated alkanes) is 15. The fraction of sp³-hybridized carbons (Fsp3) is 0.667. The highest BCUT2D eigenvalue weighted by atomic mass is 31.2. The number of nitriles is 2. The lowest BCUT2D eigenvalue weighted by Crippen LogP contribution is -2.41. The summed E-state index contributed by atoms with van der Waals surface area (Å²) in [5.74, 6) is 0.210. The number of phosphoric acid groups is 1. The highest BCUT2D eigenvalue weighted by Crippen LogP contribution is 2.52. The predicted octanol–water partition coefficient (Wildman–Crippen LogP) is 4.73. The van der Waals surface area contributed by atoms with Crippen molar-refractivity contribution >= 4 is 30.5 Å². The van der Waals surface area contributed by atoms with Crippen molar-refractivity contribution in [2.45, 2.75) is 157 Å². The average Bonchev–Trinajstić information content (AvgIpc) is 4.04. The number of nitrogens with two attached hydrogens (primary N) is 2. The lowest BCUT2D eigenvalue weighted by atomic mass is 9.92. The molecule has 4 aromatic rings. The molecule has 0 spiro atoms. The quantitative estimate of drug-likeness (QED) is 0.0366. The topological polar surface area (TPSA) is 304 Å². The molecule has 2 saturated heterocycles. The molecule has 8 unspecified atom stereocenters. The summed E-state index contributed by atoms with van der Waals surface area (Å²) in [7, 11) is -4.61. The van der Waals surface area contributed by atoms with Crippen LogP contribution in [0.2, 0.25) is 0 Å². The molecule has 63 heavy (non-hydrogen) atoms. The molecule has 0 aliphatic carbocycles. The zero-order chi connectivity index (χ0) is 45.0. The minimum absolute atomic E-state index is 0.0536. The van der Waals surface area contributed by atoms with E-state index in [0.717, 1.165) is 38.3 Å². The number of hydrogen-bond acceptors (Lipinski definition) is 18. The molecule has 4 aromatic heterocycles. The summed E-state index contributed by atoms with van der Waals surface area (Å²) in [6.45, 7) is 0.813. The van der Waals surface area contributed by atoms with Crippen LogP contribution >= 0.6 is 7.82 Å². The van der Waals surface area contributed by atoms with Crippen LogP contribution in [-0.4, -0.2) is 106 Å². The Morgan fingerprint density at radius 1 is 0.651 bits per heavy atom. The maximum absolute atomic E-state index is 14.3.